The molecule has 1 aromatic carbocycles. The van der Waals surface area contributed by atoms with Crippen LogP contribution >= 0.6 is 0 Å². The second-order valence-corrected chi connectivity index (χ2v) is 3.50. The van der Waals surface area contributed by atoms with Crippen LogP contribution in [0.25, 0.3) is 0 Å². The molecule has 0 aliphatic carbocycles. The number of rotatable bonds is 2. The molecule has 1 amide bonds. The van der Waals surface area contributed by atoms with Gasteiger partial charge in [-0.1, -0.05) is 0 Å². The highest BCUT2D eigenvalue weighted by Gasteiger charge is 2.16. The van der Waals surface area contributed by atoms with Crippen molar-refractivity contribution in [3.05, 3.63) is 28.3 Å². The number of hydrazine groups is 1. The Kier molecular flexibility index (Phi) is 3.31. The van der Waals surface area contributed by atoms with Crippen LogP contribution in [-0.4, -0.2) is 13.0 Å². The molecule has 0 aliphatic rings. The molecule has 3 N–H and O–H groups in total. The van der Waals surface area contributed by atoms with Crippen molar-refractivity contribution in [1.29, 1.82) is 0 Å². The summed E-state index contributed by atoms with van der Waals surface area (Å²) < 4.78 is 5.22. The molecule has 1 aromatic rings. The van der Waals surface area contributed by atoms with E-state index in [4.69, 9.17) is 10.6 Å². The summed E-state index contributed by atoms with van der Waals surface area (Å²) in [6, 6.07) is 1.78. The molecule has 0 aliphatic heterocycles. The summed E-state index contributed by atoms with van der Waals surface area (Å²) in [5, 5.41) is 0. The van der Waals surface area contributed by atoms with Gasteiger partial charge in [0.05, 0.1) is 12.7 Å². The SMILES string of the molecule is COc1c(C(=O)NN)cc(C)c(C)c1C. The third kappa shape index (κ3) is 1.94. The number of aryl methyl sites for hydroxylation is 1. The Bertz CT molecular complexity index is 400. The van der Waals surface area contributed by atoms with Crippen molar-refractivity contribution in [3.8, 4) is 5.75 Å². The monoisotopic (exact) mass is 208 g/mol. The Morgan fingerprint density at radius 1 is 1.33 bits per heavy atom. The van der Waals surface area contributed by atoms with Gasteiger partial charge >= 0.3 is 0 Å². The molecule has 0 saturated carbocycles. The van der Waals surface area contributed by atoms with Gasteiger partial charge < -0.3 is 4.74 Å². The molecule has 0 spiro atoms. The average molecular weight is 208 g/mol. The zero-order valence-electron chi connectivity index (χ0n) is 9.47. The number of methoxy groups -OCH3 is 1. The van der Waals surface area contributed by atoms with Gasteiger partial charge in [0.1, 0.15) is 5.75 Å². The molecule has 15 heavy (non-hydrogen) atoms. The maximum absolute atomic E-state index is 11.5. The van der Waals surface area contributed by atoms with E-state index in [0.29, 0.717) is 11.3 Å². The fourth-order valence-corrected chi connectivity index (χ4v) is 1.57. The van der Waals surface area contributed by atoms with E-state index in [1.165, 1.54) is 0 Å². The number of carbonyl (C=O) groups is 1. The predicted octanol–water partition coefficient (Wildman–Crippen LogP) is 1.22. The number of carbonyl (C=O) groups excluding carboxylic acids is 1. The summed E-state index contributed by atoms with van der Waals surface area (Å²) in [5.41, 5.74) is 5.73. The predicted molar refractivity (Wildman–Crippen MR) is 58.9 cm³/mol. The fourth-order valence-electron chi connectivity index (χ4n) is 1.57. The molecule has 0 heterocycles. The lowest BCUT2D eigenvalue weighted by molar-refractivity contribution is 0.0950. The molecule has 4 nitrogen and oxygen atoms in total. The number of hydrogen-bond acceptors (Lipinski definition) is 3. The van der Waals surface area contributed by atoms with Crippen LogP contribution in [0, 0.1) is 20.8 Å². The number of nitrogen functional groups attached to an aromatic ring is 1. The summed E-state index contributed by atoms with van der Waals surface area (Å²) in [4.78, 5) is 11.5. The number of nitrogens with two attached hydrogens (primary N) is 1. The van der Waals surface area contributed by atoms with Gasteiger partial charge in [0.2, 0.25) is 0 Å². The van der Waals surface area contributed by atoms with Gasteiger partial charge in [-0.25, -0.2) is 5.84 Å². The average Bonchev–Trinajstić information content (AvgIpc) is 2.24. The smallest absolute Gasteiger partial charge is 0.268 e. The molecular formula is C11H16N2O2. The van der Waals surface area contributed by atoms with Crippen LogP contribution in [0.2, 0.25) is 0 Å². The van der Waals surface area contributed by atoms with Crippen LogP contribution in [0.5, 0.6) is 5.75 Å². The largest absolute Gasteiger partial charge is 0.496 e. The van der Waals surface area contributed by atoms with Crippen molar-refractivity contribution in [2.75, 3.05) is 7.11 Å². The third-order valence-electron chi connectivity index (χ3n) is 2.68. The van der Waals surface area contributed by atoms with Crippen molar-refractivity contribution in [1.82, 2.24) is 5.43 Å². The Morgan fingerprint density at radius 2 is 1.93 bits per heavy atom. The molecular weight excluding hydrogens is 192 g/mol. The van der Waals surface area contributed by atoms with Crippen LogP contribution in [0.15, 0.2) is 6.07 Å². The first-order valence-corrected chi connectivity index (χ1v) is 4.68. The topological polar surface area (TPSA) is 64.3 Å². The molecule has 0 bridgehead atoms. The van der Waals surface area contributed by atoms with Crippen LogP contribution in [0.3, 0.4) is 0 Å². The lowest BCUT2D eigenvalue weighted by Crippen LogP contribution is -2.30. The van der Waals surface area contributed by atoms with Crippen LogP contribution in [-0.2, 0) is 0 Å². The van der Waals surface area contributed by atoms with Gasteiger partial charge in [0.25, 0.3) is 5.91 Å². The molecule has 0 saturated heterocycles. The summed E-state index contributed by atoms with van der Waals surface area (Å²) in [7, 11) is 1.55. The van der Waals surface area contributed by atoms with Gasteiger partial charge in [-0.3, -0.25) is 10.2 Å². The zero-order valence-corrected chi connectivity index (χ0v) is 9.47. The van der Waals surface area contributed by atoms with Gasteiger partial charge in [-0.2, -0.15) is 0 Å². The number of ether oxygens (including phenoxy) is 1. The van der Waals surface area contributed by atoms with E-state index in [0.717, 1.165) is 16.7 Å². The van der Waals surface area contributed by atoms with Crippen LogP contribution < -0.4 is 16.0 Å². The van der Waals surface area contributed by atoms with Crippen LogP contribution in [0.1, 0.15) is 27.0 Å². The van der Waals surface area contributed by atoms with E-state index in [-0.39, 0.29) is 5.91 Å². The van der Waals surface area contributed by atoms with Gasteiger partial charge in [0, 0.05) is 0 Å². The molecule has 0 unspecified atom stereocenters. The van der Waals surface area contributed by atoms with E-state index >= 15 is 0 Å². The first-order chi connectivity index (χ1) is 7.02. The highest BCUT2D eigenvalue weighted by Crippen LogP contribution is 2.28. The second kappa shape index (κ2) is 4.31. The highest BCUT2D eigenvalue weighted by atomic mass is 16.5. The van der Waals surface area contributed by atoms with Gasteiger partial charge in [-0.15, -0.1) is 0 Å². The number of amides is 1. The molecule has 0 radical (unpaired) electrons. The van der Waals surface area contributed by atoms with Crippen molar-refractivity contribution in [2.45, 2.75) is 20.8 Å². The number of benzene rings is 1. The van der Waals surface area contributed by atoms with Crippen molar-refractivity contribution in [2.24, 2.45) is 5.84 Å². The minimum Gasteiger partial charge on any atom is -0.496 e. The maximum Gasteiger partial charge on any atom is 0.268 e. The summed E-state index contributed by atoms with van der Waals surface area (Å²) in [5.74, 6) is 5.36. The molecule has 0 atom stereocenters. The summed E-state index contributed by atoms with van der Waals surface area (Å²) >= 11 is 0. The zero-order chi connectivity index (χ0) is 11.6. The van der Waals surface area contributed by atoms with Gasteiger partial charge in [-0.05, 0) is 43.5 Å². The lowest BCUT2D eigenvalue weighted by atomic mass is 9.98. The molecule has 0 fully saturated rings. The highest BCUT2D eigenvalue weighted by molar-refractivity contribution is 5.97. The molecule has 82 valence electrons. The van der Waals surface area contributed by atoms with Crippen molar-refractivity contribution >= 4 is 5.91 Å². The van der Waals surface area contributed by atoms with Gasteiger partial charge in [0.15, 0.2) is 0 Å². The van der Waals surface area contributed by atoms with E-state index < -0.39 is 0 Å². The summed E-state index contributed by atoms with van der Waals surface area (Å²) in [6.45, 7) is 5.88. The quantitative estimate of drug-likeness (QED) is 0.436. The van der Waals surface area contributed by atoms with E-state index in [2.05, 4.69) is 5.43 Å². The minimum absolute atomic E-state index is 0.335. The first kappa shape index (κ1) is 11.5. The van der Waals surface area contributed by atoms with E-state index in [1.54, 1.807) is 13.2 Å². The fraction of sp³-hybridized carbons (Fsp3) is 0.364. The number of nitrogens with one attached hydrogen (secondary N) is 1. The third-order valence-corrected chi connectivity index (χ3v) is 2.68. The molecule has 1 rings (SSSR count). The standard InChI is InChI=1S/C11H16N2O2/c1-6-5-9(11(14)13-12)10(15-4)8(3)7(6)2/h5H,12H2,1-4H3,(H,13,14). The normalized spacial score (nSPS) is 9.93. The van der Waals surface area contributed by atoms with E-state index in [1.807, 2.05) is 20.8 Å². The molecule has 4 heteroatoms. The Labute approximate surface area is 89.4 Å². The Balaban J connectivity index is 3.45. The lowest BCUT2D eigenvalue weighted by Gasteiger charge is -2.14. The second-order valence-electron chi connectivity index (χ2n) is 3.50. The maximum atomic E-state index is 11.5. The molecule has 0 aromatic heterocycles. The Morgan fingerprint density at radius 3 is 2.40 bits per heavy atom. The first-order valence-electron chi connectivity index (χ1n) is 4.68. The van der Waals surface area contributed by atoms with Crippen molar-refractivity contribution < 1.29 is 9.53 Å². The Hall–Kier alpha value is -1.55. The van der Waals surface area contributed by atoms with Crippen molar-refractivity contribution in [3.63, 3.8) is 0 Å². The summed E-state index contributed by atoms with van der Waals surface area (Å²) in [6.07, 6.45) is 0. The van der Waals surface area contributed by atoms with Crippen LogP contribution in [0.4, 0.5) is 0 Å². The number of hydrogen-bond donors (Lipinski definition) is 2. The van der Waals surface area contributed by atoms with E-state index in [9.17, 15) is 4.79 Å². The minimum atomic E-state index is -0.335.